The van der Waals surface area contributed by atoms with Crippen molar-refractivity contribution in [3.63, 3.8) is 0 Å². The monoisotopic (exact) mass is 136 g/mol. The fraction of sp³-hybridized carbons (Fsp3) is 0.375. The van der Waals surface area contributed by atoms with Crippen molar-refractivity contribution in [3.05, 3.63) is 23.4 Å². The fourth-order valence-electron chi connectivity index (χ4n) is 0.902. The number of rotatable bonds is 0. The molecule has 10 heavy (non-hydrogen) atoms. The van der Waals surface area contributed by atoms with E-state index in [0.717, 1.165) is 12.1 Å². The Bertz CT molecular complexity index is 221. The van der Waals surface area contributed by atoms with E-state index >= 15 is 0 Å². The Morgan fingerprint density at radius 1 is 1.50 bits per heavy atom. The smallest absolute Gasteiger partial charge is 0.123 e. The van der Waals surface area contributed by atoms with Gasteiger partial charge < -0.3 is 5.73 Å². The van der Waals surface area contributed by atoms with Crippen LogP contribution in [-0.4, -0.2) is 5.84 Å². The van der Waals surface area contributed by atoms with Gasteiger partial charge in [0.2, 0.25) is 0 Å². The van der Waals surface area contributed by atoms with Gasteiger partial charge in [0.25, 0.3) is 0 Å². The van der Waals surface area contributed by atoms with Crippen LogP contribution in [0.2, 0.25) is 0 Å². The molecule has 0 amide bonds. The molecule has 1 aliphatic rings. The van der Waals surface area contributed by atoms with E-state index in [2.05, 4.69) is 18.0 Å². The van der Waals surface area contributed by atoms with Gasteiger partial charge in [-0.3, -0.25) is 0 Å². The molecule has 1 heterocycles. The lowest BCUT2D eigenvalue weighted by atomic mass is 10.2. The molecule has 0 radical (unpaired) electrons. The maximum atomic E-state index is 5.55. The third-order valence-corrected chi connectivity index (χ3v) is 1.42. The zero-order valence-electron chi connectivity index (χ0n) is 6.39. The summed E-state index contributed by atoms with van der Waals surface area (Å²) in [6.07, 6.45) is 4.95. The Balaban J connectivity index is 2.90. The zero-order chi connectivity index (χ0) is 7.56. The number of nitrogens with zero attached hydrogens (tertiary/aromatic N) is 1. The molecule has 0 unspecified atom stereocenters. The van der Waals surface area contributed by atoms with Crippen LogP contribution in [0.15, 0.2) is 28.4 Å². The van der Waals surface area contributed by atoms with Crippen molar-refractivity contribution in [2.24, 2.45) is 10.7 Å². The van der Waals surface area contributed by atoms with Crippen molar-refractivity contribution in [2.75, 3.05) is 0 Å². The Kier molecular flexibility index (Phi) is 1.90. The molecule has 0 atom stereocenters. The third-order valence-electron chi connectivity index (χ3n) is 1.42. The number of hydrogen-bond acceptors (Lipinski definition) is 2. The lowest BCUT2D eigenvalue weighted by molar-refractivity contribution is 1.18. The van der Waals surface area contributed by atoms with Crippen molar-refractivity contribution in [3.8, 4) is 0 Å². The molecule has 0 aromatic carbocycles. The van der Waals surface area contributed by atoms with E-state index in [4.69, 9.17) is 5.73 Å². The van der Waals surface area contributed by atoms with E-state index in [9.17, 15) is 0 Å². The molecule has 0 aromatic rings. The second-order valence-corrected chi connectivity index (χ2v) is 2.58. The van der Waals surface area contributed by atoms with Crippen LogP contribution in [-0.2, 0) is 0 Å². The molecule has 0 aliphatic carbocycles. The molecule has 0 bridgehead atoms. The highest BCUT2D eigenvalue weighted by Crippen LogP contribution is 2.08. The van der Waals surface area contributed by atoms with Crippen LogP contribution in [0.5, 0.6) is 0 Å². The van der Waals surface area contributed by atoms with Crippen LogP contribution in [0.3, 0.4) is 0 Å². The van der Waals surface area contributed by atoms with Crippen molar-refractivity contribution < 1.29 is 0 Å². The molecular formula is C8H12N2. The van der Waals surface area contributed by atoms with E-state index in [1.54, 1.807) is 0 Å². The van der Waals surface area contributed by atoms with Gasteiger partial charge in [-0.05, 0) is 26.3 Å². The average molecular weight is 136 g/mol. The summed E-state index contributed by atoms with van der Waals surface area (Å²) in [4.78, 5) is 4.11. The molecular weight excluding hydrogens is 124 g/mol. The van der Waals surface area contributed by atoms with Gasteiger partial charge in [0, 0.05) is 5.70 Å². The lowest BCUT2D eigenvalue weighted by Gasteiger charge is -1.89. The highest BCUT2D eigenvalue weighted by molar-refractivity contribution is 5.93. The van der Waals surface area contributed by atoms with E-state index in [1.165, 1.54) is 5.57 Å². The van der Waals surface area contributed by atoms with Gasteiger partial charge in [-0.15, -0.1) is 0 Å². The minimum atomic E-state index is 0.615. The van der Waals surface area contributed by atoms with Gasteiger partial charge in [0.15, 0.2) is 0 Å². The normalized spacial score (nSPS) is 18.8. The lowest BCUT2D eigenvalue weighted by Crippen LogP contribution is -2.07. The molecule has 0 saturated heterocycles. The first-order valence-corrected chi connectivity index (χ1v) is 3.36. The molecule has 2 nitrogen and oxygen atoms in total. The molecule has 2 heteroatoms. The van der Waals surface area contributed by atoms with Crippen molar-refractivity contribution in [1.29, 1.82) is 0 Å². The Labute approximate surface area is 61.1 Å². The van der Waals surface area contributed by atoms with Crippen molar-refractivity contribution in [2.45, 2.75) is 20.3 Å². The Morgan fingerprint density at radius 2 is 2.20 bits per heavy atom. The number of amidine groups is 1. The summed E-state index contributed by atoms with van der Waals surface area (Å²) < 4.78 is 0. The SMILES string of the molecule is CC1=CC(N)=NC(C)=CC1. The molecule has 2 N–H and O–H groups in total. The molecule has 0 aromatic heterocycles. The molecule has 1 aliphatic heterocycles. The van der Waals surface area contributed by atoms with Gasteiger partial charge in [0.1, 0.15) is 5.84 Å². The summed E-state index contributed by atoms with van der Waals surface area (Å²) in [5, 5.41) is 0. The van der Waals surface area contributed by atoms with E-state index in [-0.39, 0.29) is 0 Å². The van der Waals surface area contributed by atoms with Gasteiger partial charge in [-0.25, -0.2) is 4.99 Å². The van der Waals surface area contributed by atoms with Crippen LogP contribution >= 0.6 is 0 Å². The summed E-state index contributed by atoms with van der Waals surface area (Å²) in [5.41, 5.74) is 7.82. The average Bonchev–Trinajstić information content (AvgIpc) is 1.93. The molecule has 0 spiro atoms. The number of hydrogen-bond donors (Lipinski definition) is 1. The first-order chi connectivity index (χ1) is 4.68. The van der Waals surface area contributed by atoms with Gasteiger partial charge in [0.05, 0.1) is 0 Å². The predicted octanol–water partition coefficient (Wildman–Crippen LogP) is 1.60. The molecule has 54 valence electrons. The summed E-state index contributed by atoms with van der Waals surface area (Å²) in [6, 6.07) is 0. The van der Waals surface area contributed by atoms with Crippen LogP contribution in [0.25, 0.3) is 0 Å². The third kappa shape index (κ3) is 1.72. The zero-order valence-corrected chi connectivity index (χ0v) is 6.39. The van der Waals surface area contributed by atoms with Crippen molar-refractivity contribution >= 4 is 5.84 Å². The van der Waals surface area contributed by atoms with E-state index in [1.807, 2.05) is 13.0 Å². The molecule has 0 saturated carbocycles. The first kappa shape index (κ1) is 7.06. The van der Waals surface area contributed by atoms with Crippen LogP contribution in [0, 0.1) is 0 Å². The summed E-state index contributed by atoms with van der Waals surface area (Å²) in [6.45, 7) is 4.01. The number of nitrogens with two attached hydrogens (primary N) is 1. The van der Waals surface area contributed by atoms with Crippen LogP contribution in [0.4, 0.5) is 0 Å². The maximum absolute atomic E-state index is 5.55. The summed E-state index contributed by atoms with van der Waals surface area (Å²) >= 11 is 0. The Hall–Kier alpha value is -1.05. The van der Waals surface area contributed by atoms with Gasteiger partial charge in [-0.1, -0.05) is 11.6 Å². The maximum Gasteiger partial charge on any atom is 0.123 e. The summed E-state index contributed by atoms with van der Waals surface area (Å²) in [7, 11) is 0. The number of aliphatic imine (C=N–C) groups is 1. The second kappa shape index (κ2) is 2.69. The highest BCUT2D eigenvalue weighted by Gasteiger charge is 1.96. The largest absolute Gasteiger partial charge is 0.384 e. The van der Waals surface area contributed by atoms with Crippen LogP contribution < -0.4 is 5.73 Å². The summed E-state index contributed by atoms with van der Waals surface area (Å²) in [5.74, 6) is 0.615. The highest BCUT2D eigenvalue weighted by atomic mass is 14.9. The second-order valence-electron chi connectivity index (χ2n) is 2.58. The number of allylic oxidation sites excluding steroid dienone is 3. The van der Waals surface area contributed by atoms with Gasteiger partial charge in [-0.2, -0.15) is 0 Å². The van der Waals surface area contributed by atoms with E-state index in [0.29, 0.717) is 5.84 Å². The topological polar surface area (TPSA) is 38.4 Å². The standard InChI is InChI=1S/C8H12N2/c1-6-3-4-7(2)10-8(9)5-6/h4-5H,3H2,1-2H3,(H2,9,10). The first-order valence-electron chi connectivity index (χ1n) is 3.36. The van der Waals surface area contributed by atoms with E-state index < -0.39 is 0 Å². The van der Waals surface area contributed by atoms with Crippen LogP contribution in [0.1, 0.15) is 20.3 Å². The van der Waals surface area contributed by atoms with Crippen molar-refractivity contribution in [1.82, 2.24) is 0 Å². The molecule has 0 fully saturated rings. The quantitative estimate of drug-likeness (QED) is 0.539. The van der Waals surface area contributed by atoms with Gasteiger partial charge >= 0.3 is 0 Å². The molecule has 1 rings (SSSR count). The predicted molar refractivity (Wildman–Crippen MR) is 43.8 cm³/mol. The fourth-order valence-corrected chi connectivity index (χ4v) is 0.902. The Morgan fingerprint density at radius 3 is 2.90 bits per heavy atom. The minimum Gasteiger partial charge on any atom is -0.384 e. The minimum absolute atomic E-state index is 0.615.